The van der Waals surface area contributed by atoms with Crippen molar-refractivity contribution >= 4 is 46.7 Å². The van der Waals surface area contributed by atoms with E-state index < -0.39 is 17.8 Å². The lowest BCUT2D eigenvalue weighted by Gasteiger charge is -2.33. The fourth-order valence-corrected chi connectivity index (χ4v) is 4.64. The van der Waals surface area contributed by atoms with Crippen LogP contribution in [0.5, 0.6) is 0 Å². The lowest BCUT2D eigenvalue weighted by molar-refractivity contribution is -0.120. The van der Waals surface area contributed by atoms with E-state index in [2.05, 4.69) is 5.32 Å². The fourth-order valence-electron chi connectivity index (χ4n) is 4.42. The number of halogens is 1. The number of unbranched alkanes of at least 4 members (excludes halogenated alkanes) is 1. The van der Waals surface area contributed by atoms with E-state index in [1.807, 2.05) is 18.7 Å². The first-order valence-corrected chi connectivity index (χ1v) is 12.9. The van der Waals surface area contributed by atoms with Crippen molar-refractivity contribution in [2.45, 2.75) is 52.0 Å². The van der Waals surface area contributed by atoms with E-state index in [0.29, 0.717) is 30.0 Å². The van der Waals surface area contributed by atoms with Gasteiger partial charge in [0.2, 0.25) is 0 Å². The summed E-state index contributed by atoms with van der Waals surface area (Å²) in [6.45, 7) is 5.09. The van der Waals surface area contributed by atoms with E-state index in [0.717, 1.165) is 37.0 Å². The zero-order valence-electron chi connectivity index (χ0n) is 21.0. The van der Waals surface area contributed by atoms with Crippen LogP contribution >= 0.6 is 11.6 Å². The zero-order valence-corrected chi connectivity index (χ0v) is 21.7. The number of nitrogens with one attached hydrogen (secondary N) is 1. The van der Waals surface area contributed by atoms with Crippen LogP contribution in [0.2, 0.25) is 0 Å². The molecule has 0 bridgehead atoms. The van der Waals surface area contributed by atoms with Crippen LogP contribution < -0.4 is 10.2 Å². The number of anilines is 2. The number of piperidine rings is 1. The Morgan fingerprint density at radius 1 is 1.05 bits per heavy atom. The molecule has 1 N–H and O–H groups in total. The molecule has 2 aliphatic heterocycles. The Morgan fingerprint density at radius 2 is 1.81 bits per heavy atom. The Labute approximate surface area is 221 Å². The number of nitrogens with zero attached hydrogens (tertiary/aromatic N) is 2. The summed E-state index contributed by atoms with van der Waals surface area (Å²) in [5, 5.41) is 2.67. The number of ether oxygens (including phenoxy) is 1. The van der Waals surface area contributed by atoms with Gasteiger partial charge in [0, 0.05) is 23.8 Å². The van der Waals surface area contributed by atoms with Gasteiger partial charge in [-0.3, -0.25) is 14.4 Å². The van der Waals surface area contributed by atoms with Gasteiger partial charge < -0.3 is 15.0 Å². The van der Waals surface area contributed by atoms with Crippen molar-refractivity contribution in [3.63, 3.8) is 0 Å². The van der Waals surface area contributed by atoms with Crippen molar-refractivity contribution < 1.29 is 23.9 Å². The predicted octanol–water partition coefficient (Wildman–Crippen LogP) is 5.09. The van der Waals surface area contributed by atoms with Gasteiger partial charge in [-0.25, -0.2) is 9.69 Å². The molecule has 4 rings (SSSR count). The second-order valence-electron chi connectivity index (χ2n) is 9.22. The molecule has 1 unspecified atom stereocenters. The standard InChI is InChI=1S/C28H30ClN3O5/c1-3-4-16-37-28(36)19-11-13-22(14-12-19)32-26(34)23(29)24(27(32)35)30-21-10-7-9-20(17-21)25(33)31-15-6-5-8-18(31)2/h7,9-14,17-18,30H,3-6,8,15-16H2,1-2H3. The van der Waals surface area contributed by atoms with Crippen LogP contribution in [0.25, 0.3) is 0 Å². The molecule has 2 aromatic rings. The van der Waals surface area contributed by atoms with Crippen LogP contribution in [-0.4, -0.2) is 47.8 Å². The van der Waals surface area contributed by atoms with E-state index in [-0.39, 0.29) is 28.4 Å². The highest BCUT2D eigenvalue weighted by Crippen LogP contribution is 2.31. The van der Waals surface area contributed by atoms with Gasteiger partial charge in [-0.2, -0.15) is 0 Å². The molecule has 0 radical (unpaired) electrons. The van der Waals surface area contributed by atoms with Crippen molar-refractivity contribution in [2.75, 3.05) is 23.4 Å². The molecule has 0 aromatic heterocycles. The highest BCUT2D eigenvalue weighted by atomic mass is 35.5. The third kappa shape index (κ3) is 5.69. The van der Waals surface area contributed by atoms with E-state index in [4.69, 9.17) is 16.3 Å². The number of carbonyl (C=O) groups excluding carboxylic acids is 4. The largest absolute Gasteiger partial charge is 0.462 e. The number of imide groups is 1. The molecular formula is C28H30ClN3O5. The number of likely N-dealkylation sites (tertiary alicyclic amines) is 1. The summed E-state index contributed by atoms with van der Waals surface area (Å²) in [6, 6.07) is 13.0. The van der Waals surface area contributed by atoms with Crippen LogP contribution in [0, 0.1) is 0 Å². The third-order valence-electron chi connectivity index (χ3n) is 6.56. The average Bonchev–Trinajstić information content (AvgIpc) is 3.12. The van der Waals surface area contributed by atoms with Gasteiger partial charge in [0.05, 0.1) is 17.9 Å². The number of hydrogen-bond acceptors (Lipinski definition) is 6. The SMILES string of the molecule is CCCCOC(=O)c1ccc(N2C(=O)C(Cl)=C(Nc3cccc(C(=O)N4CCCCC4C)c3)C2=O)cc1. The number of carbonyl (C=O) groups is 4. The van der Waals surface area contributed by atoms with Gasteiger partial charge in [0.15, 0.2) is 0 Å². The number of hydrogen-bond donors (Lipinski definition) is 1. The second kappa shape index (κ2) is 11.6. The summed E-state index contributed by atoms with van der Waals surface area (Å²) in [6.07, 6.45) is 4.74. The fraction of sp³-hybridized carbons (Fsp3) is 0.357. The van der Waals surface area contributed by atoms with Crippen molar-refractivity contribution in [3.8, 4) is 0 Å². The molecule has 3 amide bonds. The lowest BCUT2D eigenvalue weighted by atomic mass is 10.0. The molecule has 2 aliphatic rings. The Kier molecular flexibility index (Phi) is 8.28. The van der Waals surface area contributed by atoms with Gasteiger partial charge in [0.25, 0.3) is 17.7 Å². The van der Waals surface area contributed by atoms with Crippen LogP contribution in [0.15, 0.2) is 59.3 Å². The highest BCUT2D eigenvalue weighted by molar-refractivity contribution is 6.53. The van der Waals surface area contributed by atoms with Gasteiger partial charge in [0.1, 0.15) is 10.7 Å². The Balaban J connectivity index is 1.47. The molecule has 2 heterocycles. The van der Waals surface area contributed by atoms with E-state index >= 15 is 0 Å². The summed E-state index contributed by atoms with van der Waals surface area (Å²) in [7, 11) is 0. The number of esters is 1. The molecule has 2 aromatic carbocycles. The molecule has 9 heteroatoms. The highest BCUT2D eigenvalue weighted by Gasteiger charge is 2.39. The number of rotatable bonds is 8. The Morgan fingerprint density at radius 3 is 2.51 bits per heavy atom. The van der Waals surface area contributed by atoms with E-state index in [9.17, 15) is 19.2 Å². The van der Waals surface area contributed by atoms with Gasteiger partial charge in [-0.05, 0) is 75.1 Å². The molecule has 8 nitrogen and oxygen atoms in total. The molecule has 37 heavy (non-hydrogen) atoms. The van der Waals surface area contributed by atoms with Crippen LogP contribution in [-0.2, 0) is 14.3 Å². The molecule has 1 saturated heterocycles. The molecule has 194 valence electrons. The van der Waals surface area contributed by atoms with Crippen molar-refractivity contribution in [2.24, 2.45) is 0 Å². The smallest absolute Gasteiger partial charge is 0.338 e. The quantitative estimate of drug-likeness (QED) is 0.294. The Bertz CT molecular complexity index is 1240. The summed E-state index contributed by atoms with van der Waals surface area (Å²) in [5.74, 6) is -1.85. The first-order chi connectivity index (χ1) is 17.8. The average molecular weight is 524 g/mol. The number of benzene rings is 2. The van der Waals surface area contributed by atoms with Crippen molar-refractivity contribution in [1.82, 2.24) is 4.90 Å². The van der Waals surface area contributed by atoms with Crippen LogP contribution in [0.4, 0.5) is 11.4 Å². The molecule has 1 fully saturated rings. The topological polar surface area (TPSA) is 96.0 Å². The van der Waals surface area contributed by atoms with E-state index in [1.165, 1.54) is 24.3 Å². The van der Waals surface area contributed by atoms with Crippen LogP contribution in [0.1, 0.15) is 66.7 Å². The minimum Gasteiger partial charge on any atom is -0.462 e. The summed E-state index contributed by atoms with van der Waals surface area (Å²) >= 11 is 6.27. The Hall–Kier alpha value is -3.65. The summed E-state index contributed by atoms with van der Waals surface area (Å²) < 4.78 is 5.19. The molecule has 0 aliphatic carbocycles. The van der Waals surface area contributed by atoms with E-state index in [1.54, 1.807) is 24.3 Å². The van der Waals surface area contributed by atoms with Crippen molar-refractivity contribution in [3.05, 3.63) is 70.4 Å². The first kappa shape index (κ1) is 26.4. The maximum absolute atomic E-state index is 13.2. The summed E-state index contributed by atoms with van der Waals surface area (Å²) in [4.78, 5) is 54.0. The maximum atomic E-state index is 13.2. The second-order valence-corrected chi connectivity index (χ2v) is 9.60. The molecule has 0 saturated carbocycles. The molecular weight excluding hydrogens is 494 g/mol. The lowest BCUT2D eigenvalue weighted by Crippen LogP contribution is -2.42. The zero-order chi connectivity index (χ0) is 26.5. The normalized spacial score (nSPS) is 17.9. The minimum absolute atomic E-state index is 0.0697. The van der Waals surface area contributed by atoms with Gasteiger partial charge >= 0.3 is 5.97 Å². The monoisotopic (exact) mass is 523 g/mol. The van der Waals surface area contributed by atoms with Crippen LogP contribution in [0.3, 0.4) is 0 Å². The van der Waals surface area contributed by atoms with Gasteiger partial charge in [-0.15, -0.1) is 0 Å². The molecule has 0 spiro atoms. The van der Waals surface area contributed by atoms with Gasteiger partial charge in [-0.1, -0.05) is 31.0 Å². The number of amides is 3. The maximum Gasteiger partial charge on any atom is 0.338 e. The third-order valence-corrected chi connectivity index (χ3v) is 6.91. The molecule has 1 atom stereocenters. The summed E-state index contributed by atoms with van der Waals surface area (Å²) in [5.41, 5.74) is 1.48. The minimum atomic E-state index is -0.679. The first-order valence-electron chi connectivity index (χ1n) is 12.6. The van der Waals surface area contributed by atoms with Crippen molar-refractivity contribution in [1.29, 1.82) is 0 Å². The predicted molar refractivity (Wildman–Crippen MR) is 141 cm³/mol.